The summed E-state index contributed by atoms with van der Waals surface area (Å²) < 4.78 is 23.4. The van der Waals surface area contributed by atoms with Gasteiger partial charge in [-0.15, -0.1) is 0 Å². The van der Waals surface area contributed by atoms with Crippen molar-refractivity contribution in [3.8, 4) is 11.3 Å². The number of esters is 1. The van der Waals surface area contributed by atoms with Crippen LogP contribution in [0.1, 0.15) is 78.6 Å². The van der Waals surface area contributed by atoms with Gasteiger partial charge in [-0.25, -0.2) is 14.2 Å². The average Bonchev–Trinajstić information content (AvgIpc) is 3.23. The van der Waals surface area contributed by atoms with E-state index in [0.29, 0.717) is 29.8 Å². The summed E-state index contributed by atoms with van der Waals surface area (Å²) >= 11 is 0. The van der Waals surface area contributed by atoms with Crippen molar-refractivity contribution in [3.63, 3.8) is 0 Å². The number of aromatic nitrogens is 4. The molecule has 3 aromatic rings. The van der Waals surface area contributed by atoms with Crippen molar-refractivity contribution in [2.45, 2.75) is 58.9 Å². The van der Waals surface area contributed by atoms with Crippen LogP contribution in [-0.4, -0.2) is 31.9 Å². The highest BCUT2D eigenvalue weighted by Gasteiger charge is 2.42. The smallest absolute Gasteiger partial charge is 0.374 e. The summed E-state index contributed by atoms with van der Waals surface area (Å²) in [7, 11) is 1.88. The number of imidazole rings is 1. The molecule has 3 aliphatic rings. The van der Waals surface area contributed by atoms with E-state index in [1.807, 2.05) is 37.6 Å². The Hall–Kier alpha value is -2.96. The number of nitrogens with zero attached hydrogens (tertiary/aromatic N) is 4. The molecule has 0 unspecified atom stereocenters. The lowest BCUT2D eigenvalue weighted by atomic mass is 9.71. The summed E-state index contributed by atoms with van der Waals surface area (Å²) in [4.78, 5) is 17.5. The molecular weight excluding hydrogens is 395 g/mol. The Morgan fingerprint density at radius 2 is 2.00 bits per heavy atom. The molecule has 2 heterocycles. The number of rotatable bonds is 4. The molecule has 1 fully saturated rings. The third-order valence-corrected chi connectivity index (χ3v) is 6.26. The van der Waals surface area contributed by atoms with E-state index in [1.165, 1.54) is 0 Å². The van der Waals surface area contributed by atoms with Crippen LogP contribution in [0.5, 0.6) is 0 Å². The molecule has 0 aliphatic heterocycles. The van der Waals surface area contributed by atoms with Crippen LogP contribution in [0, 0.1) is 12.7 Å². The summed E-state index contributed by atoms with van der Waals surface area (Å²) in [5, 5.41) is 4.25. The van der Waals surface area contributed by atoms with Crippen LogP contribution in [0.25, 0.3) is 11.3 Å². The third-order valence-electron chi connectivity index (χ3n) is 6.26. The van der Waals surface area contributed by atoms with Crippen LogP contribution < -0.4 is 0 Å². The zero-order valence-electron chi connectivity index (χ0n) is 18.8. The van der Waals surface area contributed by atoms with Crippen molar-refractivity contribution in [3.05, 3.63) is 58.6 Å². The van der Waals surface area contributed by atoms with E-state index >= 15 is 0 Å². The fraction of sp³-hybridized carbons (Fsp3) is 0.458. The maximum absolute atomic E-state index is 14.3. The van der Waals surface area contributed by atoms with Gasteiger partial charge in [-0.05, 0) is 61.9 Å². The number of ether oxygens (including phenoxy) is 1. The maximum atomic E-state index is 14.3. The minimum Gasteiger partial charge on any atom is -0.460 e. The Morgan fingerprint density at radius 1 is 1.26 bits per heavy atom. The maximum Gasteiger partial charge on any atom is 0.374 e. The highest BCUT2D eigenvalue weighted by atomic mass is 19.1. The van der Waals surface area contributed by atoms with Gasteiger partial charge in [-0.1, -0.05) is 13.8 Å². The quantitative estimate of drug-likeness (QED) is 0.556. The Morgan fingerprint density at radius 3 is 2.65 bits per heavy atom. The first-order chi connectivity index (χ1) is 15.0. The molecule has 1 aromatic carbocycles. The molecule has 0 amide bonds. The number of hydrogen-bond acceptors (Lipinski definition) is 4. The molecule has 3 aliphatic carbocycles. The van der Waals surface area contributed by atoms with Gasteiger partial charge in [-0.2, -0.15) is 5.10 Å². The Labute approximate surface area is 182 Å². The van der Waals surface area contributed by atoms with Crippen molar-refractivity contribution < 1.29 is 13.9 Å². The lowest BCUT2D eigenvalue weighted by Gasteiger charge is -2.34. The number of carbonyl (C=O) groups excluding carboxylic acids is 1. The average molecular weight is 425 g/mol. The van der Waals surface area contributed by atoms with Crippen LogP contribution in [0.2, 0.25) is 0 Å². The van der Waals surface area contributed by atoms with Gasteiger partial charge in [-0.3, -0.25) is 4.68 Å². The molecule has 1 saturated carbocycles. The second-order valence-electron chi connectivity index (χ2n) is 7.98. The van der Waals surface area contributed by atoms with E-state index < -0.39 is 5.97 Å². The van der Waals surface area contributed by atoms with Crippen LogP contribution in [0.15, 0.2) is 24.4 Å². The van der Waals surface area contributed by atoms with E-state index in [4.69, 9.17) is 9.72 Å². The van der Waals surface area contributed by atoms with Gasteiger partial charge < -0.3 is 9.30 Å². The highest BCUT2D eigenvalue weighted by Crippen LogP contribution is 2.55. The van der Waals surface area contributed by atoms with E-state index in [0.717, 1.165) is 41.1 Å². The first-order valence-electron chi connectivity index (χ1n) is 11.0. The molecule has 0 atom stereocenters. The highest BCUT2D eigenvalue weighted by molar-refractivity contribution is 5.88. The predicted molar refractivity (Wildman–Crippen MR) is 117 cm³/mol. The first kappa shape index (κ1) is 21.3. The van der Waals surface area contributed by atoms with Crippen LogP contribution >= 0.6 is 0 Å². The lowest BCUT2D eigenvalue weighted by molar-refractivity contribution is 0.0506. The fourth-order valence-electron chi connectivity index (χ4n) is 4.64. The molecule has 0 N–H and O–H groups in total. The molecule has 0 saturated heterocycles. The molecule has 2 aromatic heterocycles. The van der Waals surface area contributed by atoms with Gasteiger partial charge in [0.25, 0.3) is 0 Å². The van der Waals surface area contributed by atoms with E-state index in [9.17, 15) is 9.18 Å². The molecule has 164 valence electrons. The van der Waals surface area contributed by atoms with Gasteiger partial charge in [0.1, 0.15) is 5.82 Å². The summed E-state index contributed by atoms with van der Waals surface area (Å²) in [6.45, 7) is 8.33. The van der Waals surface area contributed by atoms with E-state index in [1.54, 1.807) is 30.8 Å². The molecule has 6 nitrogen and oxygen atoms in total. The zero-order valence-corrected chi connectivity index (χ0v) is 18.8. The minimum atomic E-state index is -0.431. The van der Waals surface area contributed by atoms with Gasteiger partial charge in [0, 0.05) is 30.4 Å². The number of benzene rings is 1. The molecule has 7 heteroatoms. The number of carbonyl (C=O) groups is 1. The van der Waals surface area contributed by atoms with Crippen molar-refractivity contribution in [1.82, 2.24) is 19.3 Å². The second kappa shape index (κ2) is 8.29. The van der Waals surface area contributed by atoms with Crippen LogP contribution in [0.4, 0.5) is 4.39 Å². The Kier molecular flexibility index (Phi) is 5.69. The Balaban J connectivity index is 0.00000112. The van der Waals surface area contributed by atoms with Crippen molar-refractivity contribution in [2.75, 3.05) is 6.61 Å². The van der Waals surface area contributed by atoms with Gasteiger partial charge >= 0.3 is 5.97 Å². The van der Waals surface area contributed by atoms with Crippen molar-refractivity contribution in [2.24, 2.45) is 7.05 Å². The van der Waals surface area contributed by atoms with Crippen LogP contribution in [0.3, 0.4) is 0 Å². The second-order valence-corrected chi connectivity index (χ2v) is 7.98. The number of halogens is 1. The number of aryl methyl sites for hydroxylation is 2. The zero-order chi connectivity index (χ0) is 22.3. The summed E-state index contributed by atoms with van der Waals surface area (Å²) in [6.07, 6.45) is 3.64. The topological polar surface area (TPSA) is 61.9 Å². The summed E-state index contributed by atoms with van der Waals surface area (Å²) in [6, 6.07) is 5.47. The third kappa shape index (κ3) is 3.46. The molecule has 31 heavy (non-hydrogen) atoms. The van der Waals surface area contributed by atoms with Crippen LogP contribution in [-0.2, 0) is 18.3 Å². The van der Waals surface area contributed by atoms with Gasteiger partial charge in [0.2, 0.25) is 5.82 Å². The molecule has 6 rings (SSSR count). The predicted octanol–water partition coefficient (Wildman–Crippen LogP) is 4.96. The fourth-order valence-corrected chi connectivity index (χ4v) is 4.64. The van der Waals surface area contributed by atoms with Crippen molar-refractivity contribution in [1.29, 1.82) is 0 Å². The van der Waals surface area contributed by atoms with E-state index in [-0.39, 0.29) is 12.4 Å². The molecule has 0 spiro atoms. The number of hydrogen-bond donors (Lipinski definition) is 0. The SMILES string of the molecule is CC.CCOC(=O)c1nc2c(n1Cc1ccnn1C)C1CC(C1)c1cc(F)c(C)cc1-2. The van der Waals surface area contributed by atoms with Crippen molar-refractivity contribution >= 4 is 5.97 Å². The lowest BCUT2D eigenvalue weighted by Crippen LogP contribution is -2.24. The monoisotopic (exact) mass is 424 g/mol. The molecule has 2 bridgehead atoms. The normalized spacial score (nSPS) is 18.1. The Bertz CT molecular complexity index is 1130. The minimum absolute atomic E-state index is 0.185. The van der Waals surface area contributed by atoms with Gasteiger partial charge in [0.15, 0.2) is 0 Å². The first-order valence-corrected chi connectivity index (χ1v) is 11.0. The molecular formula is C24H29FN4O2. The van der Waals surface area contributed by atoms with Gasteiger partial charge in [0.05, 0.1) is 24.5 Å². The summed E-state index contributed by atoms with van der Waals surface area (Å²) in [5.41, 5.74) is 5.36. The molecule has 0 radical (unpaired) electrons. The van der Waals surface area contributed by atoms with E-state index in [2.05, 4.69) is 5.10 Å². The largest absolute Gasteiger partial charge is 0.460 e. The summed E-state index contributed by atoms with van der Waals surface area (Å²) in [5.74, 6) is 0.330. The standard InChI is InChI=1S/C22H23FN4O2.C2H6/c1-4-29-22(28)21-25-19-17-7-12(2)18(23)10-16(17)13-8-14(9-13)20(19)27(21)11-15-5-6-24-26(15)3;1-2/h5-7,10,13-14H,4,8-9,11H2,1-3H3;1-2H3.